The first-order chi connectivity index (χ1) is 8.10. The normalized spacial score (nSPS) is 12.5. The highest BCUT2D eigenvalue weighted by Gasteiger charge is 2.09. The molecule has 0 saturated carbocycles. The Morgan fingerprint density at radius 1 is 1.47 bits per heavy atom. The Kier molecular flexibility index (Phi) is 6.38. The van der Waals surface area contributed by atoms with Gasteiger partial charge in [0.05, 0.1) is 0 Å². The number of rotatable bonds is 6. The zero-order valence-electron chi connectivity index (χ0n) is 11.0. The monoisotopic (exact) mass is 316 g/mol. The minimum absolute atomic E-state index is 0.370. The summed E-state index contributed by atoms with van der Waals surface area (Å²) in [4.78, 5) is 2.29. The van der Waals surface area contributed by atoms with Gasteiger partial charge >= 0.3 is 0 Å². The predicted molar refractivity (Wildman–Crippen MR) is 83.3 cm³/mol. The van der Waals surface area contributed by atoms with Crippen LogP contribution in [0.1, 0.15) is 18.5 Å². The molecule has 1 unspecified atom stereocenters. The molecule has 1 rings (SSSR count). The molecule has 0 fully saturated rings. The van der Waals surface area contributed by atoms with Crippen molar-refractivity contribution >= 4 is 33.4 Å². The van der Waals surface area contributed by atoms with Gasteiger partial charge in [-0.3, -0.25) is 0 Å². The lowest BCUT2D eigenvalue weighted by molar-refractivity contribution is 0.649. The van der Waals surface area contributed by atoms with Crippen molar-refractivity contribution in [3.63, 3.8) is 0 Å². The Bertz CT molecular complexity index is 357. The second-order valence-corrected chi connectivity index (χ2v) is 5.97. The molecule has 0 amide bonds. The molecule has 0 saturated heterocycles. The number of anilines is 1. The van der Waals surface area contributed by atoms with Crippen LogP contribution in [0.2, 0.25) is 0 Å². The number of halogens is 1. The number of hydrogen-bond acceptors (Lipinski definition) is 3. The van der Waals surface area contributed by atoms with Crippen LogP contribution in [0, 0.1) is 0 Å². The average molecular weight is 317 g/mol. The molecular formula is C13H21BrN2S. The van der Waals surface area contributed by atoms with Crippen molar-refractivity contribution in [3.8, 4) is 0 Å². The molecule has 17 heavy (non-hydrogen) atoms. The van der Waals surface area contributed by atoms with Crippen molar-refractivity contribution in [2.24, 2.45) is 0 Å². The predicted octanol–water partition coefficient (Wildman–Crippen LogP) is 3.53. The van der Waals surface area contributed by atoms with E-state index in [1.54, 1.807) is 0 Å². The van der Waals surface area contributed by atoms with E-state index in [1.807, 2.05) is 18.8 Å². The summed E-state index contributed by atoms with van der Waals surface area (Å²) >= 11 is 5.53. The molecule has 0 aliphatic carbocycles. The fraction of sp³-hybridized carbons (Fsp3) is 0.538. The van der Waals surface area contributed by atoms with Crippen LogP contribution in [0.3, 0.4) is 0 Å². The third-order valence-electron chi connectivity index (χ3n) is 2.96. The van der Waals surface area contributed by atoms with E-state index in [0.717, 1.165) is 12.3 Å². The van der Waals surface area contributed by atoms with Gasteiger partial charge in [0.25, 0.3) is 0 Å². The van der Waals surface area contributed by atoms with E-state index in [2.05, 4.69) is 64.6 Å². The van der Waals surface area contributed by atoms with Gasteiger partial charge in [0.2, 0.25) is 0 Å². The molecule has 0 aromatic heterocycles. The number of hydrogen-bond donors (Lipinski definition) is 1. The van der Waals surface area contributed by atoms with Gasteiger partial charge < -0.3 is 10.2 Å². The summed E-state index contributed by atoms with van der Waals surface area (Å²) in [7, 11) is 4.12. The highest BCUT2D eigenvalue weighted by atomic mass is 79.9. The van der Waals surface area contributed by atoms with Crippen LogP contribution in [-0.2, 0) is 0 Å². The number of nitrogens with zero attached hydrogens (tertiary/aromatic N) is 1. The van der Waals surface area contributed by atoms with Crippen molar-refractivity contribution in [2.45, 2.75) is 13.0 Å². The summed E-state index contributed by atoms with van der Waals surface area (Å²) in [5.74, 6) is 1.16. The van der Waals surface area contributed by atoms with Gasteiger partial charge in [0, 0.05) is 35.5 Å². The van der Waals surface area contributed by atoms with Crippen molar-refractivity contribution in [1.82, 2.24) is 5.32 Å². The zero-order chi connectivity index (χ0) is 12.8. The zero-order valence-corrected chi connectivity index (χ0v) is 13.4. The Hall–Kier alpha value is -0.190. The topological polar surface area (TPSA) is 15.3 Å². The molecule has 2 nitrogen and oxygen atoms in total. The average Bonchev–Trinajstić information content (AvgIpc) is 2.34. The van der Waals surface area contributed by atoms with E-state index in [0.29, 0.717) is 6.04 Å². The molecule has 4 heteroatoms. The maximum absolute atomic E-state index is 3.65. The van der Waals surface area contributed by atoms with Gasteiger partial charge in [-0.25, -0.2) is 0 Å². The van der Waals surface area contributed by atoms with Crippen molar-refractivity contribution in [1.29, 1.82) is 0 Å². The lowest BCUT2D eigenvalue weighted by Gasteiger charge is -2.21. The Labute approximate surface area is 117 Å². The van der Waals surface area contributed by atoms with Crippen molar-refractivity contribution in [3.05, 3.63) is 28.2 Å². The first-order valence-electron chi connectivity index (χ1n) is 5.77. The molecule has 0 bridgehead atoms. The molecule has 0 aliphatic rings. The summed E-state index contributed by atoms with van der Waals surface area (Å²) in [6, 6.07) is 6.95. The minimum atomic E-state index is 0.370. The summed E-state index contributed by atoms with van der Waals surface area (Å²) in [6.45, 7) is 3.24. The van der Waals surface area contributed by atoms with Gasteiger partial charge in [0.15, 0.2) is 0 Å². The molecular weight excluding hydrogens is 296 g/mol. The van der Waals surface area contributed by atoms with E-state index >= 15 is 0 Å². The molecule has 0 radical (unpaired) electrons. The van der Waals surface area contributed by atoms with E-state index in [-0.39, 0.29) is 0 Å². The third kappa shape index (κ3) is 4.19. The van der Waals surface area contributed by atoms with E-state index in [9.17, 15) is 0 Å². The lowest BCUT2D eigenvalue weighted by Crippen LogP contribution is -2.20. The third-order valence-corrected chi connectivity index (χ3v) is 4.23. The van der Waals surface area contributed by atoms with Crippen LogP contribution >= 0.6 is 27.7 Å². The van der Waals surface area contributed by atoms with Gasteiger partial charge in [-0.1, -0.05) is 22.0 Å². The molecule has 1 aromatic carbocycles. The summed E-state index contributed by atoms with van der Waals surface area (Å²) in [6.07, 6.45) is 2.14. The van der Waals surface area contributed by atoms with E-state index in [1.165, 1.54) is 15.7 Å². The van der Waals surface area contributed by atoms with Gasteiger partial charge in [-0.2, -0.15) is 11.8 Å². The molecule has 0 aliphatic heterocycles. The maximum Gasteiger partial charge on any atom is 0.0375 e. The van der Waals surface area contributed by atoms with Crippen LogP contribution in [0.15, 0.2) is 22.7 Å². The largest absolute Gasteiger partial charge is 0.374 e. The Morgan fingerprint density at radius 3 is 2.71 bits per heavy atom. The molecule has 96 valence electrons. The van der Waals surface area contributed by atoms with Crippen molar-refractivity contribution in [2.75, 3.05) is 37.5 Å². The summed E-state index contributed by atoms with van der Waals surface area (Å²) in [5.41, 5.74) is 2.56. The van der Waals surface area contributed by atoms with Crippen LogP contribution in [0.25, 0.3) is 0 Å². The Morgan fingerprint density at radius 2 is 2.18 bits per heavy atom. The quantitative estimate of drug-likeness (QED) is 0.864. The summed E-state index contributed by atoms with van der Waals surface area (Å²) in [5, 5.41) is 3.26. The van der Waals surface area contributed by atoms with Crippen LogP contribution in [-0.4, -0.2) is 32.6 Å². The second-order valence-electron chi connectivity index (χ2n) is 4.13. The molecule has 1 N–H and O–H groups in total. The smallest absolute Gasteiger partial charge is 0.0375 e. The van der Waals surface area contributed by atoms with Crippen LogP contribution in [0.4, 0.5) is 5.69 Å². The minimum Gasteiger partial charge on any atom is -0.374 e. The number of thioether (sulfide) groups is 1. The number of benzene rings is 1. The lowest BCUT2D eigenvalue weighted by atomic mass is 10.1. The molecule has 0 spiro atoms. The molecule has 0 heterocycles. The van der Waals surface area contributed by atoms with Gasteiger partial charge in [-0.05, 0) is 37.9 Å². The van der Waals surface area contributed by atoms with Gasteiger partial charge in [0.1, 0.15) is 0 Å². The molecule has 1 atom stereocenters. The highest BCUT2D eigenvalue weighted by Crippen LogP contribution is 2.27. The first kappa shape index (κ1) is 14.9. The fourth-order valence-electron chi connectivity index (χ4n) is 1.62. The van der Waals surface area contributed by atoms with E-state index in [4.69, 9.17) is 0 Å². The van der Waals surface area contributed by atoms with Gasteiger partial charge in [-0.15, -0.1) is 0 Å². The van der Waals surface area contributed by atoms with Crippen molar-refractivity contribution < 1.29 is 0 Å². The SMILES string of the molecule is CNC(C)c1ccc(N(C)CCSC)cc1Br. The Balaban J connectivity index is 2.81. The fourth-order valence-corrected chi connectivity index (χ4v) is 2.78. The summed E-state index contributed by atoms with van der Waals surface area (Å²) < 4.78 is 1.17. The van der Waals surface area contributed by atoms with Crippen LogP contribution < -0.4 is 10.2 Å². The second kappa shape index (κ2) is 7.29. The molecule has 1 aromatic rings. The number of nitrogens with one attached hydrogen (secondary N) is 1. The van der Waals surface area contributed by atoms with Crippen LogP contribution in [0.5, 0.6) is 0 Å². The standard InChI is InChI=1S/C13H21BrN2S/c1-10(15-2)12-6-5-11(9-13(12)14)16(3)7-8-17-4/h5-6,9-10,15H,7-8H2,1-4H3. The maximum atomic E-state index is 3.65. The highest BCUT2D eigenvalue weighted by molar-refractivity contribution is 9.10. The first-order valence-corrected chi connectivity index (χ1v) is 7.95. The van der Waals surface area contributed by atoms with E-state index < -0.39 is 0 Å².